The zero-order valence-corrected chi connectivity index (χ0v) is 14.1. The van der Waals surface area contributed by atoms with E-state index in [-0.39, 0.29) is 11.8 Å². The number of hydroxylamine groups is 2. The molecular formula is C17H18N4O4. The van der Waals surface area contributed by atoms with Gasteiger partial charge in [0, 0.05) is 0 Å². The van der Waals surface area contributed by atoms with Crippen LogP contribution in [0, 0.1) is 5.92 Å². The molecule has 2 amide bonds. The van der Waals surface area contributed by atoms with Crippen molar-refractivity contribution in [3.05, 3.63) is 30.3 Å². The molecule has 3 unspecified atom stereocenters. The Labute approximate surface area is 144 Å². The Morgan fingerprint density at radius 3 is 2.64 bits per heavy atom. The van der Waals surface area contributed by atoms with E-state index in [0.29, 0.717) is 11.4 Å². The van der Waals surface area contributed by atoms with Crippen molar-refractivity contribution in [2.24, 2.45) is 16.1 Å². The van der Waals surface area contributed by atoms with Gasteiger partial charge in [-0.25, -0.2) is 4.90 Å². The number of amides is 2. The van der Waals surface area contributed by atoms with Gasteiger partial charge >= 0.3 is 0 Å². The van der Waals surface area contributed by atoms with Gasteiger partial charge in [0.2, 0.25) is 5.91 Å². The summed E-state index contributed by atoms with van der Waals surface area (Å²) in [5.41, 5.74) is 0.418. The van der Waals surface area contributed by atoms with E-state index in [2.05, 4.69) is 10.1 Å². The fraction of sp³-hybridized carbons (Fsp3) is 0.412. The number of benzene rings is 1. The van der Waals surface area contributed by atoms with E-state index >= 15 is 0 Å². The topological polar surface area (TPSA) is 83.8 Å². The first-order valence-electron chi connectivity index (χ1n) is 8.01. The Kier molecular flexibility index (Phi) is 3.48. The van der Waals surface area contributed by atoms with Crippen molar-refractivity contribution in [2.75, 3.05) is 12.0 Å². The first-order valence-corrected chi connectivity index (χ1v) is 8.01. The number of para-hydroxylation sites is 1. The largest absolute Gasteiger partial charge is 0.399 e. The van der Waals surface area contributed by atoms with Crippen molar-refractivity contribution in [3.63, 3.8) is 0 Å². The minimum atomic E-state index is -0.849. The van der Waals surface area contributed by atoms with Gasteiger partial charge in [0.05, 0.1) is 29.6 Å². The van der Waals surface area contributed by atoms with E-state index in [1.807, 2.05) is 19.9 Å². The van der Waals surface area contributed by atoms with Gasteiger partial charge in [-0.3, -0.25) is 19.4 Å². The minimum absolute atomic E-state index is 0.287. The maximum absolute atomic E-state index is 13.0. The Hall–Kier alpha value is -2.58. The van der Waals surface area contributed by atoms with Crippen LogP contribution in [0.3, 0.4) is 0 Å². The van der Waals surface area contributed by atoms with Gasteiger partial charge in [-0.15, -0.1) is 0 Å². The zero-order chi connectivity index (χ0) is 17.8. The molecule has 4 rings (SSSR count). The molecule has 0 N–H and O–H groups in total. The predicted molar refractivity (Wildman–Crippen MR) is 89.9 cm³/mol. The summed E-state index contributed by atoms with van der Waals surface area (Å²) in [4.78, 5) is 42.2. The summed E-state index contributed by atoms with van der Waals surface area (Å²) >= 11 is 0. The molecule has 0 bridgehead atoms. The number of rotatable bonds is 3. The molecular weight excluding hydrogens is 324 g/mol. The molecule has 0 saturated carbocycles. The minimum Gasteiger partial charge on any atom is -0.399 e. The lowest BCUT2D eigenvalue weighted by Crippen LogP contribution is -2.46. The highest BCUT2D eigenvalue weighted by molar-refractivity contribution is 6.36. The van der Waals surface area contributed by atoms with Gasteiger partial charge in [0.25, 0.3) is 5.91 Å². The molecule has 8 heteroatoms. The van der Waals surface area contributed by atoms with Crippen LogP contribution in [0.4, 0.5) is 5.69 Å². The summed E-state index contributed by atoms with van der Waals surface area (Å²) in [7, 11) is 1.43. The van der Waals surface area contributed by atoms with Gasteiger partial charge in [0.1, 0.15) is 12.8 Å². The van der Waals surface area contributed by atoms with Crippen LogP contribution in [-0.4, -0.2) is 53.7 Å². The number of aliphatic imine (C=N–C) groups is 1. The first-order chi connectivity index (χ1) is 12.0. The average molecular weight is 342 g/mol. The molecule has 0 spiro atoms. The molecule has 25 heavy (non-hydrogen) atoms. The van der Waals surface area contributed by atoms with Crippen LogP contribution in [-0.2, 0) is 19.3 Å². The maximum atomic E-state index is 13.0. The molecule has 0 aliphatic carbocycles. The highest BCUT2D eigenvalue weighted by atomic mass is 16.7. The summed E-state index contributed by atoms with van der Waals surface area (Å²) in [5.74, 6) is -1.30. The summed E-state index contributed by atoms with van der Waals surface area (Å²) < 4.78 is 0. The fourth-order valence-electron chi connectivity index (χ4n) is 3.66. The predicted octanol–water partition coefficient (Wildman–Crippen LogP) is 0.983. The molecule has 3 aliphatic heterocycles. The standard InChI is InChI=1S/C17H18N4O4/c1-17(2)19-11(9-18-24-3)13-12-14(25-21(13)17)16(23)20(15(12)22)10-7-5-4-6-8-10/h4-9,12-14H,1-3H3. The van der Waals surface area contributed by atoms with E-state index in [9.17, 15) is 9.59 Å². The molecule has 0 aromatic heterocycles. The van der Waals surface area contributed by atoms with Crippen LogP contribution in [0.5, 0.6) is 0 Å². The molecule has 1 aromatic rings. The summed E-state index contributed by atoms with van der Waals surface area (Å²) in [6.45, 7) is 3.72. The molecule has 8 nitrogen and oxygen atoms in total. The lowest BCUT2D eigenvalue weighted by molar-refractivity contribution is -0.198. The van der Waals surface area contributed by atoms with Crippen LogP contribution < -0.4 is 4.90 Å². The van der Waals surface area contributed by atoms with Crippen LogP contribution in [0.25, 0.3) is 0 Å². The fourth-order valence-corrected chi connectivity index (χ4v) is 3.66. The highest BCUT2D eigenvalue weighted by Gasteiger charge is 2.65. The Balaban J connectivity index is 1.72. The smallest absolute Gasteiger partial charge is 0.265 e. The highest BCUT2D eigenvalue weighted by Crippen LogP contribution is 2.44. The number of imide groups is 1. The molecule has 3 atom stereocenters. The number of carbonyl (C=O) groups is 2. The lowest BCUT2D eigenvalue weighted by Gasteiger charge is -2.29. The summed E-state index contributed by atoms with van der Waals surface area (Å²) in [5, 5.41) is 5.39. The van der Waals surface area contributed by atoms with Crippen molar-refractivity contribution in [2.45, 2.75) is 31.7 Å². The van der Waals surface area contributed by atoms with E-state index in [1.165, 1.54) is 18.2 Å². The van der Waals surface area contributed by atoms with Gasteiger partial charge in [-0.05, 0) is 26.0 Å². The third kappa shape index (κ3) is 2.21. The van der Waals surface area contributed by atoms with Gasteiger partial charge < -0.3 is 4.84 Å². The van der Waals surface area contributed by atoms with Gasteiger partial charge in [-0.2, -0.15) is 5.06 Å². The summed E-state index contributed by atoms with van der Waals surface area (Å²) in [6.07, 6.45) is 0.625. The van der Waals surface area contributed by atoms with Crippen molar-refractivity contribution < 1.29 is 19.3 Å². The van der Waals surface area contributed by atoms with E-state index < -0.39 is 23.7 Å². The molecule has 2 fully saturated rings. The third-order valence-corrected chi connectivity index (χ3v) is 4.67. The summed E-state index contributed by atoms with van der Waals surface area (Å²) in [6, 6.07) is 8.40. The third-order valence-electron chi connectivity index (χ3n) is 4.67. The quantitative estimate of drug-likeness (QED) is 0.464. The number of anilines is 1. The van der Waals surface area contributed by atoms with Crippen molar-refractivity contribution >= 4 is 29.4 Å². The Morgan fingerprint density at radius 1 is 1.24 bits per heavy atom. The second kappa shape index (κ2) is 5.47. The van der Waals surface area contributed by atoms with Crippen LogP contribution in [0.1, 0.15) is 13.8 Å². The van der Waals surface area contributed by atoms with Crippen molar-refractivity contribution in [1.82, 2.24) is 5.06 Å². The van der Waals surface area contributed by atoms with E-state index in [0.717, 1.165) is 0 Å². The Morgan fingerprint density at radius 2 is 1.96 bits per heavy atom. The molecule has 3 heterocycles. The molecule has 130 valence electrons. The molecule has 2 saturated heterocycles. The average Bonchev–Trinajstić information content (AvgIpc) is 3.17. The molecule has 3 aliphatic rings. The number of fused-ring (bicyclic) bond motifs is 3. The first kappa shape index (κ1) is 15.9. The second-order valence-corrected chi connectivity index (χ2v) is 6.62. The van der Waals surface area contributed by atoms with Crippen LogP contribution in [0.2, 0.25) is 0 Å². The normalized spacial score (nSPS) is 30.8. The van der Waals surface area contributed by atoms with E-state index in [1.54, 1.807) is 29.3 Å². The number of carbonyl (C=O) groups excluding carboxylic acids is 2. The van der Waals surface area contributed by atoms with Crippen LogP contribution >= 0.6 is 0 Å². The second-order valence-electron chi connectivity index (χ2n) is 6.62. The zero-order valence-electron chi connectivity index (χ0n) is 14.1. The van der Waals surface area contributed by atoms with Crippen LogP contribution in [0.15, 0.2) is 40.5 Å². The lowest BCUT2D eigenvalue weighted by atomic mass is 9.94. The molecule has 0 radical (unpaired) electrons. The SMILES string of the molecule is CON=CC1=NC(C)(C)N2OC3C(=O)N(c4ccccc4)C(=O)C3C12. The van der Waals surface area contributed by atoms with Gasteiger partial charge in [-0.1, -0.05) is 23.4 Å². The van der Waals surface area contributed by atoms with Crippen molar-refractivity contribution in [1.29, 1.82) is 0 Å². The maximum Gasteiger partial charge on any atom is 0.265 e. The van der Waals surface area contributed by atoms with Gasteiger partial charge in [0.15, 0.2) is 6.10 Å². The number of hydrogen-bond acceptors (Lipinski definition) is 7. The number of hydrogen-bond donors (Lipinski definition) is 0. The van der Waals surface area contributed by atoms with E-state index in [4.69, 9.17) is 9.68 Å². The van der Waals surface area contributed by atoms with Crippen molar-refractivity contribution in [3.8, 4) is 0 Å². The monoisotopic (exact) mass is 342 g/mol. The Bertz CT molecular complexity index is 789. The molecule has 1 aromatic carbocycles. The number of nitrogens with zero attached hydrogens (tertiary/aromatic N) is 4. The number of oxime groups is 1.